The molecule has 3 heteroatoms. The lowest BCUT2D eigenvalue weighted by Crippen LogP contribution is -2.46. The van der Waals surface area contributed by atoms with E-state index in [0.29, 0.717) is 5.92 Å². The van der Waals surface area contributed by atoms with Gasteiger partial charge in [0.2, 0.25) is 0 Å². The van der Waals surface area contributed by atoms with Crippen molar-refractivity contribution in [2.24, 2.45) is 11.3 Å². The summed E-state index contributed by atoms with van der Waals surface area (Å²) in [6.07, 6.45) is 1.94. The Balaban J connectivity index is 1.70. The van der Waals surface area contributed by atoms with Gasteiger partial charge in [-0.15, -0.1) is 0 Å². The number of fused-ring (bicyclic) bond motifs is 1. The van der Waals surface area contributed by atoms with Crippen molar-refractivity contribution in [3.05, 3.63) is 35.9 Å². The van der Waals surface area contributed by atoms with Gasteiger partial charge in [-0.05, 0) is 24.3 Å². The lowest BCUT2D eigenvalue weighted by Gasteiger charge is -2.39. The average molecular weight is 231 g/mol. The zero-order valence-electron chi connectivity index (χ0n) is 9.80. The van der Waals surface area contributed by atoms with E-state index in [4.69, 9.17) is 0 Å². The largest absolute Gasteiger partial charge is 0.481 e. The molecule has 90 valence electrons. The Kier molecular flexibility index (Phi) is 2.44. The molecule has 1 aliphatic carbocycles. The summed E-state index contributed by atoms with van der Waals surface area (Å²) in [4.78, 5) is 13.6. The Morgan fingerprint density at radius 2 is 2.18 bits per heavy atom. The Bertz CT molecular complexity index is 431. The normalized spacial score (nSPS) is 31.9. The van der Waals surface area contributed by atoms with E-state index in [1.807, 2.05) is 18.2 Å². The minimum atomic E-state index is -0.593. The van der Waals surface area contributed by atoms with Crippen molar-refractivity contribution in [3.63, 3.8) is 0 Å². The van der Waals surface area contributed by atoms with Gasteiger partial charge in [0.1, 0.15) is 0 Å². The van der Waals surface area contributed by atoms with Gasteiger partial charge in [-0.3, -0.25) is 9.69 Å². The highest BCUT2D eigenvalue weighted by atomic mass is 16.4. The lowest BCUT2D eigenvalue weighted by molar-refractivity contribution is -0.156. The molecule has 2 aliphatic rings. The number of likely N-dealkylation sites (tertiary alicyclic amines) is 1. The number of rotatable bonds is 3. The van der Waals surface area contributed by atoms with Gasteiger partial charge in [0.05, 0.1) is 5.41 Å². The van der Waals surface area contributed by atoms with Crippen LogP contribution in [0.1, 0.15) is 18.4 Å². The number of benzene rings is 1. The molecule has 0 spiro atoms. The van der Waals surface area contributed by atoms with Crippen molar-refractivity contribution < 1.29 is 9.90 Å². The summed E-state index contributed by atoms with van der Waals surface area (Å²) >= 11 is 0. The van der Waals surface area contributed by atoms with Gasteiger partial charge in [-0.25, -0.2) is 0 Å². The van der Waals surface area contributed by atoms with E-state index >= 15 is 0 Å². The molecule has 1 aromatic rings. The van der Waals surface area contributed by atoms with Crippen LogP contribution in [0.2, 0.25) is 0 Å². The van der Waals surface area contributed by atoms with E-state index in [1.54, 1.807) is 0 Å². The number of carbonyl (C=O) groups is 1. The molecule has 1 heterocycles. The SMILES string of the molecule is O=C(O)[C@]12CC[C@@H]1CN(Cc1ccccc1)C2. The average Bonchev–Trinajstić information content (AvgIpc) is 2.54. The summed E-state index contributed by atoms with van der Waals surface area (Å²) in [5.41, 5.74) is 0.851. The van der Waals surface area contributed by atoms with Crippen molar-refractivity contribution >= 4 is 5.97 Å². The molecular weight excluding hydrogens is 214 g/mol. The molecule has 0 bridgehead atoms. The molecule has 0 radical (unpaired) electrons. The summed E-state index contributed by atoms with van der Waals surface area (Å²) in [5, 5.41) is 9.35. The van der Waals surface area contributed by atoms with Gasteiger partial charge >= 0.3 is 5.97 Å². The van der Waals surface area contributed by atoms with Gasteiger partial charge in [0.15, 0.2) is 0 Å². The van der Waals surface area contributed by atoms with Crippen LogP contribution in [0.15, 0.2) is 30.3 Å². The second kappa shape index (κ2) is 3.84. The first-order chi connectivity index (χ1) is 8.21. The van der Waals surface area contributed by atoms with Gasteiger partial charge in [-0.1, -0.05) is 30.3 Å². The molecule has 0 aromatic heterocycles. The van der Waals surface area contributed by atoms with Crippen LogP contribution in [0.25, 0.3) is 0 Å². The predicted octanol–water partition coefficient (Wildman–Crippen LogP) is 1.98. The highest BCUT2D eigenvalue weighted by Gasteiger charge is 2.57. The second-order valence-electron chi connectivity index (χ2n) is 5.35. The van der Waals surface area contributed by atoms with Crippen molar-refractivity contribution in [2.45, 2.75) is 19.4 Å². The molecular formula is C14H17NO2. The van der Waals surface area contributed by atoms with Gasteiger partial charge in [0.25, 0.3) is 0 Å². The van der Waals surface area contributed by atoms with E-state index in [-0.39, 0.29) is 0 Å². The van der Waals surface area contributed by atoms with E-state index in [1.165, 1.54) is 5.56 Å². The number of carboxylic acid groups (broad SMARTS) is 1. The molecule has 0 unspecified atom stereocenters. The van der Waals surface area contributed by atoms with Crippen LogP contribution in [0, 0.1) is 11.3 Å². The fourth-order valence-electron chi connectivity index (χ4n) is 3.26. The standard InChI is InChI=1S/C14H17NO2/c16-13(17)14-7-6-12(14)9-15(10-14)8-11-4-2-1-3-5-11/h1-5,12H,6-10H2,(H,16,17)/t12-,14+/m1/s1. The van der Waals surface area contributed by atoms with Gasteiger partial charge in [-0.2, -0.15) is 0 Å². The number of nitrogens with zero attached hydrogens (tertiary/aromatic N) is 1. The van der Waals surface area contributed by atoms with Crippen LogP contribution < -0.4 is 0 Å². The molecule has 1 N–H and O–H groups in total. The van der Waals surface area contributed by atoms with Crippen molar-refractivity contribution in [1.82, 2.24) is 4.90 Å². The van der Waals surface area contributed by atoms with Crippen LogP contribution in [0.5, 0.6) is 0 Å². The first kappa shape index (κ1) is 10.8. The number of hydrogen-bond donors (Lipinski definition) is 1. The first-order valence-corrected chi connectivity index (χ1v) is 6.20. The predicted molar refractivity (Wildman–Crippen MR) is 64.5 cm³/mol. The van der Waals surface area contributed by atoms with Crippen LogP contribution in [-0.4, -0.2) is 29.1 Å². The summed E-state index contributed by atoms with van der Waals surface area (Å²) in [6.45, 7) is 2.55. The van der Waals surface area contributed by atoms with E-state index in [9.17, 15) is 9.90 Å². The van der Waals surface area contributed by atoms with Gasteiger partial charge < -0.3 is 5.11 Å². The molecule has 2 atom stereocenters. The van der Waals surface area contributed by atoms with E-state index < -0.39 is 11.4 Å². The maximum absolute atomic E-state index is 11.4. The highest BCUT2D eigenvalue weighted by molar-refractivity contribution is 5.77. The third-order valence-corrected chi connectivity index (χ3v) is 4.38. The first-order valence-electron chi connectivity index (χ1n) is 6.20. The maximum Gasteiger partial charge on any atom is 0.311 e. The zero-order chi connectivity index (χ0) is 11.9. The van der Waals surface area contributed by atoms with Crippen LogP contribution in [0.4, 0.5) is 0 Å². The Morgan fingerprint density at radius 1 is 1.41 bits per heavy atom. The molecule has 2 fully saturated rings. The Hall–Kier alpha value is -1.35. The van der Waals surface area contributed by atoms with Crippen molar-refractivity contribution in [2.75, 3.05) is 13.1 Å². The Labute approximate surface area is 101 Å². The molecule has 1 aliphatic heterocycles. The molecule has 0 amide bonds. The molecule has 17 heavy (non-hydrogen) atoms. The van der Waals surface area contributed by atoms with Crippen molar-refractivity contribution in [3.8, 4) is 0 Å². The maximum atomic E-state index is 11.4. The second-order valence-corrected chi connectivity index (χ2v) is 5.35. The smallest absolute Gasteiger partial charge is 0.311 e. The van der Waals surface area contributed by atoms with Crippen molar-refractivity contribution in [1.29, 1.82) is 0 Å². The summed E-state index contributed by atoms with van der Waals surface area (Å²) < 4.78 is 0. The topological polar surface area (TPSA) is 40.5 Å². The van der Waals surface area contributed by atoms with Crippen LogP contribution >= 0.6 is 0 Å². The summed E-state index contributed by atoms with van der Waals surface area (Å²) in [5.74, 6) is -0.215. The van der Waals surface area contributed by atoms with Crippen LogP contribution in [-0.2, 0) is 11.3 Å². The highest BCUT2D eigenvalue weighted by Crippen LogP contribution is 2.52. The lowest BCUT2D eigenvalue weighted by atomic mass is 9.62. The molecule has 1 aromatic carbocycles. The minimum Gasteiger partial charge on any atom is -0.481 e. The zero-order valence-corrected chi connectivity index (χ0v) is 9.80. The summed E-state index contributed by atoms with van der Waals surface area (Å²) in [7, 11) is 0. The number of hydrogen-bond acceptors (Lipinski definition) is 2. The monoisotopic (exact) mass is 231 g/mol. The van der Waals surface area contributed by atoms with E-state index in [2.05, 4.69) is 17.0 Å². The minimum absolute atomic E-state index is 0.378. The fourth-order valence-corrected chi connectivity index (χ4v) is 3.26. The third kappa shape index (κ3) is 1.65. The molecule has 3 rings (SSSR count). The third-order valence-electron chi connectivity index (χ3n) is 4.38. The van der Waals surface area contributed by atoms with E-state index in [0.717, 1.165) is 32.5 Å². The molecule has 3 nitrogen and oxygen atoms in total. The quantitative estimate of drug-likeness (QED) is 0.864. The Morgan fingerprint density at radius 3 is 2.71 bits per heavy atom. The number of carboxylic acids is 1. The van der Waals surface area contributed by atoms with Crippen LogP contribution in [0.3, 0.4) is 0 Å². The fraction of sp³-hybridized carbons (Fsp3) is 0.500. The molecule has 1 saturated carbocycles. The number of aliphatic carboxylic acids is 1. The van der Waals surface area contributed by atoms with Gasteiger partial charge in [0, 0.05) is 19.6 Å². The molecule has 1 saturated heterocycles. The summed E-state index contributed by atoms with van der Waals surface area (Å²) in [6, 6.07) is 10.3.